The van der Waals surface area contributed by atoms with Crippen LogP contribution in [0.4, 0.5) is 4.79 Å². The molecule has 1 rings (SSSR count). The van der Waals surface area contributed by atoms with Crippen LogP contribution in [0.1, 0.15) is 24.2 Å². The van der Waals surface area contributed by atoms with Crippen molar-refractivity contribution in [1.82, 2.24) is 15.6 Å². The van der Waals surface area contributed by atoms with Gasteiger partial charge in [-0.2, -0.15) is 0 Å². The molecule has 0 aromatic carbocycles. The van der Waals surface area contributed by atoms with E-state index >= 15 is 0 Å². The van der Waals surface area contributed by atoms with Gasteiger partial charge in [-0.25, -0.2) is 9.59 Å². The lowest BCUT2D eigenvalue weighted by molar-refractivity contribution is -0.140. The van der Waals surface area contributed by atoms with Crippen molar-refractivity contribution < 1.29 is 24.6 Å². The summed E-state index contributed by atoms with van der Waals surface area (Å²) in [5.41, 5.74) is 1.45. The highest BCUT2D eigenvalue weighted by Crippen LogP contribution is 1.99. The zero-order valence-electron chi connectivity index (χ0n) is 11.5. The number of carboxylic acids is 2. The van der Waals surface area contributed by atoms with E-state index in [0.717, 1.165) is 5.69 Å². The van der Waals surface area contributed by atoms with Crippen LogP contribution in [0.25, 0.3) is 0 Å². The third kappa shape index (κ3) is 6.37. The van der Waals surface area contributed by atoms with Crippen LogP contribution in [0.3, 0.4) is 0 Å². The lowest BCUT2D eigenvalue weighted by Crippen LogP contribution is -2.46. The smallest absolute Gasteiger partial charge is 0.326 e. The summed E-state index contributed by atoms with van der Waals surface area (Å²) in [7, 11) is 0. The number of hydrogen-bond donors (Lipinski definition) is 4. The summed E-state index contributed by atoms with van der Waals surface area (Å²) in [4.78, 5) is 37.1. The van der Waals surface area contributed by atoms with Gasteiger partial charge in [0, 0.05) is 12.1 Å². The predicted molar refractivity (Wildman–Crippen MR) is 72.6 cm³/mol. The Hall–Kier alpha value is -2.64. The van der Waals surface area contributed by atoms with Crippen molar-refractivity contribution in [2.75, 3.05) is 0 Å². The highest BCUT2D eigenvalue weighted by molar-refractivity contribution is 5.82. The summed E-state index contributed by atoms with van der Waals surface area (Å²) in [5, 5.41) is 22.1. The Labute approximate surface area is 121 Å². The second-order valence-corrected chi connectivity index (χ2v) is 4.42. The van der Waals surface area contributed by atoms with Crippen molar-refractivity contribution in [1.29, 1.82) is 0 Å². The number of urea groups is 1. The van der Waals surface area contributed by atoms with E-state index in [-0.39, 0.29) is 19.4 Å². The second kappa shape index (κ2) is 7.83. The van der Waals surface area contributed by atoms with E-state index in [2.05, 4.69) is 15.6 Å². The number of nitrogens with zero attached hydrogens (tertiary/aromatic N) is 1. The molecule has 8 heteroatoms. The molecule has 0 spiro atoms. The van der Waals surface area contributed by atoms with Crippen LogP contribution in [0.15, 0.2) is 18.2 Å². The number of nitrogens with one attached hydrogen (secondary N) is 2. The largest absolute Gasteiger partial charge is 0.481 e. The van der Waals surface area contributed by atoms with E-state index in [1.165, 1.54) is 0 Å². The molecule has 4 N–H and O–H groups in total. The number of pyridine rings is 1. The maximum absolute atomic E-state index is 11.6. The standard InChI is InChI=1S/C13H17N3O5/c1-8-3-2-4-9(15-8)7-14-13(21)16-10(12(19)20)5-6-11(17)18/h2-4,10H,5-7H2,1H3,(H,17,18)(H,19,20)(H2,14,16,21). The van der Waals surface area contributed by atoms with E-state index < -0.39 is 24.0 Å². The molecule has 1 aromatic heterocycles. The molecule has 0 aliphatic heterocycles. The quantitative estimate of drug-likeness (QED) is 0.580. The first-order valence-electron chi connectivity index (χ1n) is 6.30. The van der Waals surface area contributed by atoms with Crippen LogP contribution in [0, 0.1) is 6.92 Å². The molecule has 1 heterocycles. The Morgan fingerprint density at radius 3 is 2.57 bits per heavy atom. The summed E-state index contributed by atoms with van der Waals surface area (Å²) < 4.78 is 0. The molecule has 0 bridgehead atoms. The Kier molecular flexibility index (Phi) is 6.12. The minimum Gasteiger partial charge on any atom is -0.481 e. The normalized spacial score (nSPS) is 11.5. The predicted octanol–water partition coefficient (Wildman–Crippen LogP) is 0.507. The van der Waals surface area contributed by atoms with Gasteiger partial charge >= 0.3 is 18.0 Å². The number of hydrogen-bond acceptors (Lipinski definition) is 4. The fraction of sp³-hybridized carbons (Fsp3) is 0.385. The fourth-order valence-corrected chi connectivity index (χ4v) is 1.60. The zero-order valence-corrected chi connectivity index (χ0v) is 11.5. The molecule has 0 aliphatic rings. The Balaban J connectivity index is 2.46. The molecule has 21 heavy (non-hydrogen) atoms. The van der Waals surface area contributed by atoms with Crippen molar-refractivity contribution >= 4 is 18.0 Å². The highest BCUT2D eigenvalue weighted by atomic mass is 16.4. The van der Waals surface area contributed by atoms with E-state index in [4.69, 9.17) is 10.2 Å². The molecule has 0 aliphatic carbocycles. The summed E-state index contributed by atoms with van der Waals surface area (Å²) in [6.07, 6.45) is -0.516. The average Bonchev–Trinajstić information content (AvgIpc) is 2.40. The lowest BCUT2D eigenvalue weighted by Gasteiger charge is -2.14. The van der Waals surface area contributed by atoms with Gasteiger partial charge in [-0.05, 0) is 25.5 Å². The number of aliphatic carboxylic acids is 2. The molecular formula is C13H17N3O5. The van der Waals surface area contributed by atoms with Gasteiger partial charge in [0.2, 0.25) is 0 Å². The van der Waals surface area contributed by atoms with Crippen molar-refractivity contribution in [2.24, 2.45) is 0 Å². The summed E-state index contributed by atoms with van der Waals surface area (Å²) in [6, 6.07) is 3.41. The van der Waals surface area contributed by atoms with Gasteiger partial charge in [-0.1, -0.05) is 6.07 Å². The van der Waals surface area contributed by atoms with Crippen molar-refractivity contribution in [2.45, 2.75) is 32.4 Å². The number of rotatable bonds is 7. The number of aromatic nitrogens is 1. The van der Waals surface area contributed by atoms with Gasteiger partial charge in [-0.15, -0.1) is 0 Å². The molecule has 0 saturated carbocycles. The Bertz CT molecular complexity index is 532. The van der Waals surface area contributed by atoms with Gasteiger partial charge in [0.25, 0.3) is 0 Å². The molecule has 0 radical (unpaired) electrons. The maximum Gasteiger partial charge on any atom is 0.326 e. The maximum atomic E-state index is 11.6. The first-order chi connectivity index (χ1) is 9.88. The van der Waals surface area contributed by atoms with Gasteiger partial charge in [0.15, 0.2) is 0 Å². The molecule has 114 valence electrons. The molecule has 8 nitrogen and oxygen atoms in total. The van der Waals surface area contributed by atoms with Gasteiger partial charge in [-0.3, -0.25) is 9.78 Å². The van der Waals surface area contributed by atoms with Crippen LogP contribution in [0.5, 0.6) is 0 Å². The minimum absolute atomic E-state index is 0.152. The van der Waals surface area contributed by atoms with Crippen LogP contribution >= 0.6 is 0 Å². The molecule has 0 fully saturated rings. The van der Waals surface area contributed by atoms with Crippen LogP contribution in [-0.2, 0) is 16.1 Å². The van der Waals surface area contributed by atoms with E-state index in [1.54, 1.807) is 12.1 Å². The van der Waals surface area contributed by atoms with Crippen LogP contribution in [-0.4, -0.2) is 39.2 Å². The van der Waals surface area contributed by atoms with Gasteiger partial charge < -0.3 is 20.8 Å². The SMILES string of the molecule is Cc1cccc(CNC(=O)NC(CCC(=O)O)C(=O)O)n1. The molecular weight excluding hydrogens is 278 g/mol. The van der Waals surface area contributed by atoms with Crippen molar-refractivity contribution in [3.8, 4) is 0 Å². The Morgan fingerprint density at radius 2 is 2.00 bits per heavy atom. The van der Waals surface area contributed by atoms with Crippen LogP contribution < -0.4 is 10.6 Å². The number of carboxylic acid groups (broad SMARTS) is 2. The third-order valence-corrected chi connectivity index (χ3v) is 2.63. The van der Waals surface area contributed by atoms with E-state index in [0.29, 0.717) is 5.69 Å². The topological polar surface area (TPSA) is 129 Å². The van der Waals surface area contributed by atoms with Crippen LogP contribution in [0.2, 0.25) is 0 Å². The number of carbonyl (C=O) groups excluding carboxylic acids is 1. The summed E-state index contributed by atoms with van der Waals surface area (Å²) in [5.74, 6) is -2.40. The van der Waals surface area contributed by atoms with E-state index in [9.17, 15) is 14.4 Å². The molecule has 1 aromatic rings. The Morgan fingerprint density at radius 1 is 1.29 bits per heavy atom. The highest BCUT2D eigenvalue weighted by Gasteiger charge is 2.20. The first kappa shape index (κ1) is 16.4. The lowest BCUT2D eigenvalue weighted by atomic mass is 10.1. The third-order valence-electron chi connectivity index (χ3n) is 2.63. The van der Waals surface area contributed by atoms with Gasteiger partial charge in [0.1, 0.15) is 6.04 Å². The second-order valence-electron chi connectivity index (χ2n) is 4.42. The number of aryl methyl sites for hydroxylation is 1. The molecule has 1 unspecified atom stereocenters. The monoisotopic (exact) mass is 295 g/mol. The first-order valence-corrected chi connectivity index (χ1v) is 6.30. The van der Waals surface area contributed by atoms with E-state index in [1.807, 2.05) is 13.0 Å². The fourth-order valence-electron chi connectivity index (χ4n) is 1.60. The number of carbonyl (C=O) groups is 3. The van der Waals surface area contributed by atoms with Gasteiger partial charge in [0.05, 0.1) is 12.2 Å². The summed E-state index contributed by atoms with van der Waals surface area (Å²) >= 11 is 0. The zero-order chi connectivity index (χ0) is 15.8. The minimum atomic E-state index is -1.28. The number of amides is 2. The molecule has 1 atom stereocenters. The average molecular weight is 295 g/mol. The van der Waals surface area contributed by atoms with Crippen molar-refractivity contribution in [3.05, 3.63) is 29.6 Å². The molecule has 2 amide bonds. The van der Waals surface area contributed by atoms with Crippen molar-refractivity contribution in [3.63, 3.8) is 0 Å². The molecule has 0 saturated heterocycles. The summed E-state index contributed by atoms with van der Waals surface area (Å²) in [6.45, 7) is 1.97.